The molecule has 0 aliphatic carbocycles. The molecule has 2 aromatic carbocycles. The minimum atomic E-state index is 0.0431. The summed E-state index contributed by atoms with van der Waals surface area (Å²) >= 11 is 0. The number of amides is 2. The van der Waals surface area contributed by atoms with Gasteiger partial charge in [-0.25, -0.2) is 0 Å². The van der Waals surface area contributed by atoms with E-state index < -0.39 is 0 Å². The molecule has 1 aromatic heterocycles. The molecular formula is C23H25N3O3. The molecule has 6 nitrogen and oxygen atoms in total. The molecule has 0 saturated carbocycles. The van der Waals surface area contributed by atoms with Gasteiger partial charge in [-0.3, -0.25) is 9.59 Å². The molecule has 0 fully saturated rings. The Hall–Kier alpha value is -3.28. The fourth-order valence-electron chi connectivity index (χ4n) is 3.64. The first-order valence-electron chi connectivity index (χ1n) is 10.1. The molecule has 29 heavy (non-hydrogen) atoms. The van der Waals surface area contributed by atoms with Crippen molar-refractivity contribution in [3.63, 3.8) is 0 Å². The van der Waals surface area contributed by atoms with Gasteiger partial charge in [-0.15, -0.1) is 0 Å². The molecule has 3 aromatic rings. The van der Waals surface area contributed by atoms with E-state index in [2.05, 4.69) is 27.8 Å². The summed E-state index contributed by atoms with van der Waals surface area (Å²) in [6.07, 6.45) is 5.15. The SMILES string of the molecule is O=C(CCCOc1ccc2c(c1)CCC(=O)N2)NCCc1c[nH]c2ccccc12. The summed E-state index contributed by atoms with van der Waals surface area (Å²) in [5.74, 6) is 0.878. The van der Waals surface area contributed by atoms with Crippen molar-refractivity contribution in [1.29, 1.82) is 0 Å². The highest BCUT2D eigenvalue weighted by Crippen LogP contribution is 2.26. The topological polar surface area (TPSA) is 83.2 Å². The average molecular weight is 391 g/mol. The summed E-state index contributed by atoms with van der Waals surface area (Å²) < 4.78 is 5.76. The Morgan fingerprint density at radius 2 is 2.03 bits per heavy atom. The standard InChI is InChI=1S/C23H25N3O3/c27-22(24-12-11-17-15-25-21-5-2-1-4-19(17)21)6-3-13-29-18-8-9-20-16(14-18)7-10-23(28)26-20/h1-2,4-5,8-9,14-15,25H,3,6-7,10-13H2,(H,24,27)(H,26,28). The molecule has 3 N–H and O–H groups in total. The highest BCUT2D eigenvalue weighted by molar-refractivity contribution is 5.94. The number of hydrogen-bond acceptors (Lipinski definition) is 3. The smallest absolute Gasteiger partial charge is 0.224 e. The number of aryl methyl sites for hydroxylation is 1. The minimum Gasteiger partial charge on any atom is -0.494 e. The van der Waals surface area contributed by atoms with Gasteiger partial charge in [-0.05, 0) is 54.7 Å². The third-order valence-corrected chi connectivity index (χ3v) is 5.18. The van der Waals surface area contributed by atoms with Gasteiger partial charge in [0, 0.05) is 42.2 Å². The van der Waals surface area contributed by atoms with Crippen LogP contribution in [-0.2, 0) is 22.4 Å². The van der Waals surface area contributed by atoms with Crippen LogP contribution in [0, 0.1) is 0 Å². The maximum atomic E-state index is 12.1. The number of ether oxygens (including phenoxy) is 1. The molecule has 1 aliphatic rings. The van der Waals surface area contributed by atoms with Crippen molar-refractivity contribution in [2.75, 3.05) is 18.5 Å². The zero-order valence-corrected chi connectivity index (χ0v) is 16.3. The fraction of sp³-hybridized carbons (Fsp3) is 0.304. The van der Waals surface area contributed by atoms with Crippen LogP contribution in [0.25, 0.3) is 10.9 Å². The number of para-hydroxylation sites is 1. The normalized spacial score (nSPS) is 13.0. The summed E-state index contributed by atoms with van der Waals surface area (Å²) in [4.78, 5) is 26.7. The van der Waals surface area contributed by atoms with Crippen LogP contribution in [-0.4, -0.2) is 29.9 Å². The lowest BCUT2D eigenvalue weighted by Crippen LogP contribution is -2.25. The van der Waals surface area contributed by atoms with Crippen molar-refractivity contribution in [2.45, 2.75) is 32.1 Å². The minimum absolute atomic E-state index is 0.0431. The molecule has 4 rings (SSSR count). The predicted octanol–water partition coefficient (Wildman–Crippen LogP) is 3.57. The average Bonchev–Trinajstić information content (AvgIpc) is 3.14. The summed E-state index contributed by atoms with van der Waals surface area (Å²) in [5, 5.41) is 7.05. The highest BCUT2D eigenvalue weighted by atomic mass is 16.5. The lowest BCUT2D eigenvalue weighted by molar-refractivity contribution is -0.121. The van der Waals surface area contributed by atoms with Crippen molar-refractivity contribution < 1.29 is 14.3 Å². The van der Waals surface area contributed by atoms with Gasteiger partial charge >= 0.3 is 0 Å². The van der Waals surface area contributed by atoms with Gasteiger partial charge in [0.05, 0.1) is 6.61 Å². The molecule has 0 unspecified atom stereocenters. The molecule has 1 aliphatic heterocycles. The number of fused-ring (bicyclic) bond motifs is 2. The first-order chi connectivity index (χ1) is 14.2. The molecule has 6 heteroatoms. The van der Waals surface area contributed by atoms with Crippen LogP contribution in [0.1, 0.15) is 30.4 Å². The monoisotopic (exact) mass is 391 g/mol. The number of nitrogens with one attached hydrogen (secondary N) is 3. The maximum absolute atomic E-state index is 12.1. The predicted molar refractivity (Wildman–Crippen MR) is 113 cm³/mol. The second-order valence-corrected chi connectivity index (χ2v) is 7.28. The maximum Gasteiger partial charge on any atom is 0.224 e. The van der Waals surface area contributed by atoms with E-state index in [-0.39, 0.29) is 11.8 Å². The van der Waals surface area contributed by atoms with Crippen LogP contribution in [0.4, 0.5) is 5.69 Å². The van der Waals surface area contributed by atoms with E-state index in [9.17, 15) is 9.59 Å². The van der Waals surface area contributed by atoms with Gasteiger partial charge in [-0.1, -0.05) is 18.2 Å². The Labute approximate surface area is 169 Å². The summed E-state index contributed by atoms with van der Waals surface area (Å²) in [6.45, 7) is 1.11. The molecule has 0 bridgehead atoms. The number of H-pyrrole nitrogens is 1. The van der Waals surface area contributed by atoms with Crippen molar-refractivity contribution in [2.24, 2.45) is 0 Å². The lowest BCUT2D eigenvalue weighted by atomic mass is 10.0. The number of carbonyl (C=O) groups excluding carboxylic acids is 2. The van der Waals surface area contributed by atoms with Crippen molar-refractivity contribution in [1.82, 2.24) is 10.3 Å². The van der Waals surface area contributed by atoms with Gasteiger partial charge in [-0.2, -0.15) is 0 Å². The van der Waals surface area contributed by atoms with Gasteiger partial charge < -0.3 is 20.4 Å². The summed E-state index contributed by atoms with van der Waals surface area (Å²) in [7, 11) is 0. The summed E-state index contributed by atoms with van der Waals surface area (Å²) in [5.41, 5.74) is 4.30. The third-order valence-electron chi connectivity index (χ3n) is 5.18. The molecule has 150 valence electrons. The van der Waals surface area contributed by atoms with Crippen molar-refractivity contribution >= 4 is 28.4 Å². The van der Waals surface area contributed by atoms with Crippen LogP contribution in [0.2, 0.25) is 0 Å². The molecule has 0 radical (unpaired) electrons. The van der Waals surface area contributed by atoms with E-state index in [1.54, 1.807) is 0 Å². The molecule has 2 heterocycles. The Bertz CT molecular complexity index is 1030. The number of rotatable bonds is 8. The van der Waals surface area contributed by atoms with Crippen LogP contribution < -0.4 is 15.4 Å². The Morgan fingerprint density at radius 1 is 1.14 bits per heavy atom. The number of hydrogen-bond donors (Lipinski definition) is 3. The Kier molecular flexibility index (Phi) is 5.79. The number of aromatic nitrogens is 1. The van der Waals surface area contributed by atoms with Crippen molar-refractivity contribution in [3.05, 3.63) is 59.8 Å². The van der Waals surface area contributed by atoms with Crippen LogP contribution >= 0.6 is 0 Å². The lowest BCUT2D eigenvalue weighted by Gasteiger charge is -2.17. The second kappa shape index (κ2) is 8.82. The van der Waals surface area contributed by atoms with Crippen molar-refractivity contribution in [3.8, 4) is 5.75 Å². The number of anilines is 1. The second-order valence-electron chi connectivity index (χ2n) is 7.28. The van der Waals surface area contributed by atoms with E-state index in [1.807, 2.05) is 36.5 Å². The zero-order chi connectivity index (χ0) is 20.1. The number of aromatic amines is 1. The molecule has 0 spiro atoms. The van der Waals surface area contributed by atoms with Gasteiger partial charge in [0.25, 0.3) is 0 Å². The van der Waals surface area contributed by atoms with E-state index in [0.29, 0.717) is 32.4 Å². The molecule has 0 saturated heterocycles. The van der Waals surface area contributed by atoms with Crippen LogP contribution in [0.5, 0.6) is 5.75 Å². The van der Waals surface area contributed by atoms with Gasteiger partial charge in [0.15, 0.2) is 0 Å². The first kappa shape index (κ1) is 19.1. The number of benzene rings is 2. The van der Waals surface area contributed by atoms with Gasteiger partial charge in [0.1, 0.15) is 5.75 Å². The number of carbonyl (C=O) groups is 2. The van der Waals surface area contributed by atoms with Crippen LogP contribution in [0.3, 0.4) is 0 Å². The largest absolute Gasteiger partial charge is 0.494 e. The highest BCUT2D eigenvalue weighted by Gasteiger charge is 2.15. The quantitative estimate of drug-likeness (QED) is 0.513. The zero-order valence-electron chi connectivity index (χ0n) is 16.3. The van der Waals surface area contributed by atoms with E-state index in [1.165, 1.54) is 10.9 Å². The van der Waals surface area contributed by atoms with Crippen LogP contribution in [0.15, 0.2) is 48.7 Å². The van der Waals surface area contributed by atoms with E-state index in [0.717, 1.165) is 35.4 Å². The van der Waals surface area contributed by atoms with Gasteiger partial charge in [0.2, 0.25) is 11.8 Å². The molecule has 2 amide bonds. The van der Waals surface area contributed by atoms with E-state index >= 15 is 0 Å². The Morgan fingerprint density at radius 3 is 2.97 bits per heavy atom. The molecule has 0 atom stereocenters. The molecular weight excluding hydrogens is 366 g/mol. The Balaban J connectivity index is 1.15. The fourth-order valence-corrected chi connectivity index (χ4v) is 3.64. The van der Waals surface area contributed by atoms with E-state index in [4.69, 9.17) is 4.74 Å². The third kappa shape index (κ3) is 4.77. The first-order valence-corrected chi connectivity index (χ1v) is 10.1. The summed E-state index contributed by atoms with van der Waals surface area (Å²) in [6, 6.07) is 13.9.